The molecular weight excluding hydrogens is 368 g/mol. The van der Waals surface area contributed by atoms with Crippen LogP contribution in [0.4, 0.5) is 4.79 Å². The number of aromatic nitrogens is 2. The van der Waals surface area contributed by atoms with Gasteiger partial charge in [0.25, 0.3) is 5.56 Å². The van der Waals surface area contributed by atoms with Gasteiger partial charge in [-0.05, 0) is 39.3 Å². The van der Waals surface area contributed by atoms with Gasteiger partial charge in [-0.3, -0.25) is 19.5 Å². The van der Waals surface area contributed by atoms with E-state index in [2.05, 4.69) is 4.98 Å². The van der Waals surface area contributed by atoms with Crippen LogP contribution >= 0.6 is 11.8 Å². The van der Waals surface area contributed by atoms with Crippen LogP contribution in [-0.4, -0.2) is 39.5 Å². The van der Waals surface area contributed by atoms with Gasteiger partial charge in [0.1, 0.15) is 0 Å². The molecule has 0 unspecified atom stereocenters. The number of nitrogens with one attached hydrogen (secondary N) is 1. The van der Waals surface area contributed by atoms with Gasteiger partial charge >= 0.3 is 6.03 Å². The SMILES string of the molecule is CC(C)OCCCn1c(S[C@@H](C)C(=O)NC(N)=O)nc2ccccc2c1=O. The first-order valence-electron chi connectivity index (χ1n) is 8.67. The van der Waals surface area contributed by atoms with Gasteiger partial charge in [-0.2, -0.15) is 0 Å². The number of nitrogens with two attached hydrogens (primary N) is 1. The zero-order valence-electron chi connectivity index (χ0n) is 15.6. The highest BCUT2D eigenvalue weighted by atomic mass is 32.2. The van der Waals surface area contributed by atoms with Crippen molar-refractivity contribution in [3.05, 3.63) is 34.6 Å². The monoisotopic (exact) mass is 392 g/mol. The second-order valence-corrected chi connectivity index (χ2v) is 7.56. The number of benzene rings is 1. The highest BCUT2D eigenvalue weighted by molar-refractivity contribution is 8.00. The molecule has 2 aromatic rings. The molecule has 0 aliphatic carbocycles. The molecular formula is C18H24N4O4S. The maximum atomic E-state index is 12.9. The minimum atomic E-state index is -0.915. The zero-order valence-corrected chi connectivity index (χ0v) is 16.4. The van der Waals surface area contributed by atoms with E-state index in [1.54, 1.807) is 35.8 Å². The third kappa shape index (κ3) is 5.80. The molecule has 0 bridgehead atoms. The maximum Gasteiger partial charge on any atom is 0.318 e. The molecule has 0 spiro atoms. The Hall–Kier alpha value is -2.39. The van der Waals surface area contributed by atoms with Gasteiger partial charge in [0, 0.05) is 13.2 Å². The number of nitrogens with zero attached hydrogens (tertiary/aromatic N) is 2. The van der Waals surface area contributed by atoms with E-state index in [-0.39, 0.29) is 11.7 Å². The number of carbonyl (C=O) groups excluding carboxylic acids is 2. The molecule has 27 heavy (non-hydrogen) atoms. The summed E-state index contributed by atoms with van der Waals surface area (Å²) in [6, 6.07) is 6.15. The lowest BCUT2D eigenvalue weighted by Gasteiger charge is -2.16. The number of imide groups is 1. The Bertz CT molecular complexity index is 881. The van der Waals surface area contributed by atoms with E-state index in [4.69, 9.17) is 10.5 Å². The van der Waals surface area contributed by atoms with Gasteiger partial charge < -0.3 is 10.5 Å². The third-order valence-electron chi connectivity index (χ3n) is 3.70. The summed E-state index contributed by atoms with van der Waals surface area (Å²) < 4.78 is 7.08. The molecule has 0 aliphatic rings. The average Bonchev–Trinajstić information content (AvgIpc) is 2.60. The molecule has 146 valence electrons. The number of rotatable bonds is 8. The number of primary amides is 1. The van der Waals surface area contributed by atoms with Crippen molar-refractivity contribution in [2.45, 2.75) is 50.2 Å². The number of hydrogen-bond donors (Lipinski definition) is 2. The summed E-state index contributed by atoms with van der Waals surface area (Å²) >= 11 is 1.10. The van der Waals surface area contributed by atoms with Crippen LogP contribution in [0.2, 0.25) is 0 Å². The second kappa shape index (κ2) is 9.52. The lowest BCUT2D eigenvalue weighted by molar-refractivity contribution is -0.119. The molecule has 0 saturated carbocycles. The van der Waals surface area contributed by atoms with Crippen LogP contribution in [0.3, 0.4) is 0 Å². The molecule has 1 atom stereocenters. The summed E-state index contributed by atoms with van der Waals surface area (Å²) in [5.41, 5.74) is 5.38. The highest BCUT2D eigenvalue weighted by Gasteiger charge is 2.20. The number of ether oxygens (including phenoxy) is 1. The second-order valence-electron chi connectivity index (χ2n) is 6.25. The maximum absolute atomic E-state index is 12.9. The van der Waals surface area contributed by atoms with E-state index in [0.717, 1.165) is 11.8 Å². The summed E-state index contributed by atoms with van der Waals surface area (Å²) in [7, 11) is 0. The molecule has 3 amide bonds. The standard InChI is InChI=1S/C18H24N4O4S/c1-11(2)26-10-6-9-22-16(24)13-7-4-5-8-14(13)20-18(22)27-12(3)15(23)21-17(19)25/h4-5,7-8,11-12H,6,9-10H2,1-3H3,(H3,19,21,23,25)/t12-/m0/s1. The van der Waals surface area contributed by atoms with Crippen LogP contribution in [0.15, 0.2) is 34.2 Å². The van der Waals surface area contributed by atoms with Crippen LogP contribution in [0, 0.1) is 0 Å². The van der Waals surface area contributed by atoms with Crippen molar-refractivity contribution in [1.29, 1.82) is 0 Å². The topological polar surface area (TPSA) is 116 Å². The number of para-hydroxylation sites is 1. The summed E-state index contributed by atoms with van der Waals surface area (Å²) in [6.45, 7) is 6.44. The van der Waals surface area contributed by atoms with Crippen molar-refractivity contribution in [1.82, 2.24) is 14.9 Å². The number of thioether (sulfide) groups is 1. The lowest BCUT2D eigenvalue weighted by Crippen LogP contribution is -2.39. The van der Waals surface area contributed by atoms with Crippen molar-refractivity contribution >= 4 is 34.6 Å². The first kappa shape index (κ1) is 20.9. The average molecular weight is 392 g/mol. The molecule has 9 heteroatoms. The molecule has 1 aromatic carbocycles. The van der Waals surface area contributed by atoms with Gasteiger partial charge in [-0.25, -0.2) is 9.78 Å². The normalized spacial score (nSPS) is 12.3. The van der Waals surface area contributed by atoms with Gasteiger partial charge in [-0.1, -0.05) is 23.9 Å². The highest BCUT2D eigenvalue weighted by Crippen LogP contribution is 2.23. The first-order chi connectivity index (χ1) is 12.8. The minimum Gasteiger partial charge on any atom is -0.379 e. The van der Waals surface area contributed by atoms with Crippen LogP contribution in [0.5, 0.6) is 0 Å². The van der Waals surface area contributed by atoms with E-state index in [0.29, 0.717) is 35.6 Å². The van der Waals surface area contributed by atoms with Crippen molar-refractivity contribution in [2.75, 3.05) is 6.61 Å². The molecule has 1 heterocycles. The Morgan fingerprint density at radius 2 is 2.00 bits per heavy atom. The quantitative estimate of drug-likeness (QED) is 0.403. The number of fused-ring (bicyclic) bond motifs is 1. The van der Waals surface area contributed by atoms with Crippen molar-refractivity contribution in [3.63, 3.8) is 0 Å². The lowest BCUT2D eigenvalue weighted by atomic mass is 10.2. The summed E-state index contributed by atoms with van der Waals surface area (Å²) in [4.78, 5) is 40.3. The summed E-state index contributed by atoms with van der Waals surface area (Å²) in [5.74, 6) is -0.537. The van der Waals surface area contributed by atoms with E-state index in [1.165, 1.54) is 0 Å². The van der Waals surface area contributed by atoms with Gasteiger partial charge in [0.05, 0.1) is 22.3 Å². The fourth-order valence-corrected chi connectivity index (χ4v) is 3.35. The Kier molecular flexibility index (Phi) is 7.37. The van der Waals surface area contributed by atoms with E-state index >= 15 is 0 Å². The Morgan fingerprint density at radius 3 is 2.67 bits per heavy atom. The third-order valence-corrected chi connectivity index (χ3v) is 4.79. The van der Waals surface area contributed by atoms with E-state index < -0.39 is 17.2 Å². The molecule has 0 radical (unpaired) electrons. The predicted octanol–water partition coefficient (Wildman–Crippen LogP) is 1.89. The molecule has 2 rings (SSSR count). The van der Waals surface area contributed by atoms with E-state index in [9.17, 15) is 14.4 Å². The van der Waals surface area contributed by atoms with Crippen LogP contribution in [0.1, 0.15) is 27.2 Å². The fraction of sp³-hybridized carbons (Fsp3) is 0.444. The Morgan fingerprint density at radius 1 is 1.30 bits per heavy atom. The molecule has 0 fully saturated rings. The van der Waals surface area contributed by atoms with Crippen LogP contribution in [-0.2, 0) is 16.1 Å². The van der Waals surface area contributed by atoms with Crippen LogP contribution in [0.25, 0.3) is 10.9 Å². The van der Waals surface area contributed by atoms with Crippen molar-refractivity contribution in [3.8, 4) is 0 Å². The summed E-state index contributed by atoms with van der Waals surface area (Å²) in [5, 5.41) is 2.32. The fourth-order valence-electron chi connectivity index (χ4n) is 2.41. The van der Waals surface area contributed by atoms with Gasteiger partial charge in [-0.15, -0.1) is 0 Å². The smallest absolute Gasteiger partial charge is 0.318 e. The van der Waals surface area contributed by atoms with Gasteiger partial charge in [0.2, 0.25) is 5.91 Å². The first-order valence-corrected chi connectivity index (χ1v) is 9.55. The van der Waals surface area contributed by atoms with Gasteiger partial charge in [0.15, 0.2) is 5.16 Å². The zero-order chi connectivity index (χ0) is 20.0. The predicted molar refractivity (Wildman–Crippen MR) is 105 cm³/mol. The molecule has 3 N–H and O–H groups in total. The Balaban J connectivity index is 2.31. The van der Waals surface area contributed by atoms with Crippen molar-refractivity contribution < 1.29 is 14.3 Å². The van der Waals surface area contributed by atoms with Crippen LogP contribution < -0.4 is 16.6 Å². The molecule has 0 aliphatic heterocycles. The molecule has 8 nitrogen and oxygen atoms in total. The number of hydrogen-bond acceptors (Lipinski definition) is 6. The summed E-state index contributed by atoms with van der Waals surface area (Å²) in [6.07, 6.45) is 0.746. The number of urea groups is 1. The molecule has 0 saturated heterocycles. The number of carbonyl (C=O) groups is 2. The van der Waals surface area contributed by atoms with Crippen molar-refractivity contribution in [2.24, 2.45) is 5.73 Å². The minimum absolute atomic E-state index is 0.114. The number of amides is 3. The molecule has 1 aromatic heterocycles. The van der Waals surface area contributed by atoms with E-state index in [1.807, 2.05) is 19.2 Å². The Labute approximate surface area is 161 Å². The largest absolute Gasteiger partial charge is 0.379 e.